The van der Waals surface area contributed by atoms with Crippen LogP contribution in [-0.4, -0.2) is 30.9 Å². The first-order chi connectivity index (χ1) is 13.7. The number of halogens is 2. The first kappa shape index (κ1) is 20.5. The maximum atomic E-state index is 13.0. The Hall–Kier alpha value is -3.20. The van der Waals surface area contributed by atoms with Gasteiger partial charge < -0.3 is 24.3 Å². The van der Waals surface area contributed by atoms with Gasteiger partial charge in [-0.2, -0.15) is 0 Å². The number of hydrogen-bond donors (Lipinski definition) is 1. The van der Waals surface area contributed by atoms with Crippen molar-refractivity contribution in [2.75, 3.05) is 11.9 Å². The van der Waals surface area contributed by atoms with E-state index in [1.807, 2.05) is 13.8 Å². The van der Waals surface area contributed by atoms with Crippen LogP contribution in [0, 0.1) is 0 Å². The van der Waals surface area contributed by atoms with Crippen molar-refractivity contribution < 1.29 is 37.3 Å². The summed E-state index contributed by atoms with van der Waals surface area (Å²) >= 11 is 0. The summed E-state index contributed by atoms with van der Waals surface area (Å²) in [5, 5.41) is 2.43. The first-order valence-corrected chi connectivity index (χ1v) is 8.79. The van der Waals surface area contributed by atoms with Crippen LogP contribution in [-0.2, 0) is 20.9 Å². The van der Waals surface area contributed by atoms with Crippen LogP contribution in [0.1, 0.15) is 29.8 Å². The molecule has 1 amide bonds. The second-order valence-electron chi connectivity index (χ2n) is 6.51. The van der Waals surface area contributed by atoms with E-state index < -0.39 is 24.8 Å². The fraction of sp³-hybridized carbons (Fsp3) is 0.300. The average molecular weight is 407 g/mol. The highest BCUT2D eigenvalue weighted by atomic mass is 19.3. The van der Waals surface area contributed by atoms with Crippen molar-refractivity contribution in [2.24, 2.45) is 0 Å². The highest BCUT2D eigenvalue weighted by Gasteiger charge is 2.43. The lowest BCUT2D eigenvalue weighted by Crippen LogP contribution is -2.25. The molecule has 0 saturated carbocycles. The molecule has 1 N–H and O–H groups in total. The zero-order valence-corrected chi connectivity index (χ0v) is 15.7. The molecule has 9 heteroatoms. The molecule has 7 nitrogen and oxygen atoms in total. The van der Waals surface area contributed by atoms with Gasteiger partial charge in [-0.05, 0) is 43.7 Å². The van der Waals surface area contributed by atoms with E-state index in [1.165, 1.54) is 18.2 Å². The maximum absolute atomic E-state index is 13.0. The number of rotatable bonds is 7. The van der Waals surface area contributed by atoms with Crippen LogP contribution < -0.4 is 14.8 Å². The van der Waals surface area contributed by atoms with Gasteiger partial charge in [-0.25, -0.2) is 4.79 Å². The van der Waals surface area contributed by atoms with Gasteiger partial charge >= 0.3 is 12.3 Å². The van der Waals surface area contributed by atoms with Crippen LogP contribution >= 0.6 is 0 Å². The van der Waals surface area contributed by atoms with E-state index in [0.717, 1.165) is 5.56 Å². The third kappa shape index (κ3) is 5.64. The molecule has 0 bridgehead atoms. The number of hydrogen-bond acceptors (Lipinski definition) is 6. The Balaban J connectivity index is 1.49. The summed E-state index contributed by atoms with van der Waals surface area (Å²) in [4.78, 5) is 24.0. The van der Waals surface area contributed by atoms with E-state index in [1.54, 1.807) is 24.3 Å². The molecule has 0 saturated heterocycles. The second-order valence-corrected chi connectivity index (χ2v) is 6.51. The molecule has 29 heavy (non-hydrogen) atoms. The number of alkyl halides is 2. The number of carbonyl (C=O) groups excluding carboxylic acids is 2. The molecule has 2 aromatic rings. The average Bonchev–Trinajstić information content (AvgIpc) is 2.98. The van der Waals surface area contributed by atoms with Crippen molar-refractivity contribution in [1.29, 1.82) is 0 Å². The third-order valence-corrected chi connectivity index (χ3v) is 3.79. The smallest absolute Gasteiger partial charge is 0.452 e. The van der Waals surface area contributed by atoms with Crippen LogP contribution in [0.25, 0.3) is 0 Å². The van der Waals surface area contributed by atoms with Gasteiger partial charge in [0.1, 0.15) is 0 Å². The highest BCUT2D eigenvalue weighted by molar-refractivity contribution is 5.95. The lowest BCUT2D eigenvalue weighted by atomic mass is 10.1. The van der Waals surface area contributed by atoms with Crippen LogP contribution in [0.5, 0.6) is 11.5 Å². The number of fused-ring (bicyclic) bond motifs is 1. The Bertz CT molecular complexity index is 898. The summed E-state index contributed by atoms with van der Waals surface area (Å²) in [5.74, 6) is -1.64. The molecule has 0 radical (unpaired) electrons. The van der Waals surface area contributed by atoms with E-state index >= 15 is 0 Å². The predicted molar refractivity (Wildman–Crippen MR) is 97.9 cm³/mol. The second kappa shape index (κ2) is 8.44. The highest BCUT2D eigenvalue weighted by Crippen LogP contribution is 2.42. The molecular weight excluding hydrogens is 388 g/mol. The molecule has 154 valence electrons. The fourth-order valence-corrected chi connectivity index (χ4v) is 2.44. The Morgan fingerprint density at radius 2 is 1.76 bits per heavy atom. The number of carbonyl (C=O) groups is 2. The molecule has 3 rings (SSSR count). The third-order valence-electron chi connectivity index (χ3n) is 3.79. The molecule has 0 spiro atoms. The molecule has 0 aliphatic carbocycles. The van der Waals surface area contributed by atoms with Gasteiger partial charge in [0.15, 0.2) is 18.1 Å². The number of anilines is 1. The molecule has 0 fully saturated rings. The number of ether oxygens (including phenoxy) is 4. The van der Waals surface area contributed by atoms with Gasteiger partial charge in [0.2, 0.25) is 0 Å². The molecular formula is C20H19F2NO6. The minimum Gasteiger partial charge on any atom is -0.452 e. The summed E-state index contributed by atoms with van der Waals surface area (Å²) in [6.07, 6.45) is -3.64. The van der Waals surface area contributed by atoms with Gasteiger partial charge in [0, 0.05) is 11.8 Å². The molecule has 1 aliphatic rings. The van der Waals surface area contributed by atoms with Gasteiger partial charge in [0.25, 0.3) is 5.91 Å². The normalized spacial score (nSPS) is 14.0. The van der Waals surface area contributed by atoms with Crippen LogP contribution in [0.15, 0.2) is 42.5 Å². The van der Waals surface area contributed by atoms with Crippen molar-refractivity contribution in [3.05, 3.63) is 53.6 Å². The topological polar surface area (TPSA) is 83.1 Å². The molecule has 1 heterocycles. The summed E-state index contributed by atoms with van der Waals surface area (Å²) < 4.78 is 45.0. The summed E-state index contributed by atoms with van der Waals surface area (Å²) in [6, 6.07) is 10.4. The minimum absolute atomic E-state index is 0.0967. The van der Waals surface area contributed by atoms with Crippen LogP contribution in [0.3, 0.4) is 0 Å². The quantitative estimate of drug-likeness (QED) is 0.705. The van der Waals surface area contributed by atoms with Crippen molar-refractivity contribution in [2.45, 2.75) is 32.9 Å². The predicted octanol–water partition coefficient (Wildman–Crippen LogP) is 3.73. The number of benzene rings is 2. The van der Waals surface area contributed by atoms with Crippen LogP contribution in [0.4, 0.5) is 14.5 Å². The Labute approximate surface area is 165 Å². The van der Waals surface area contributed by atoms with Crippen molar-refractivity contribution >= 4 is 17.6 Å². The maximum Gasteiger partial charge on any atom is 0.586 e. The summed E-state index contributed by atoms with van der Waals surface area (Å²) in [7, 11) is 0. The van der Waals surface area contributed by atoms with Gasteiger partial charge in [-0.3, -0.25) is 4.79 Å². The van der Waals surface area contributed by atoms with Gasteiger partial charge in [-0.15, -0.1) is 8.78 Å². The monoisotopic (exact) mass is 407 g/mol. The van der Waals surface area contributed by atoms with E-state index in [-0.39, 0.29) is 28.9 Å². The molecule has 2 aromatic carbocycles. The molecule has 0 unspecified atom stereocenters. The van der Waals surface area contributed by atoms with Crippen molar-refractivity contribution in [1.82, 2.24) is 0 Å². The number of amides is 1. The SMILES string of the molecule is CC(C)OCc1ccc(C(=O)OCC(=O)Nc2ccc3c(c2)OC(F)(F)O3)cc1. The van der Waals surface area contributed by atoms with E-state index in [0.29, 0.717) is 6.61 Å². The van der Waals surface area contributed by atoms with Gasteiger partial charge in [-0.1, -0.05) is 12.1 Å². The number of nitrogens with one attached hydrogen (secondary N) is 1. The first-order valence-electron chi connectivity index (χ1n) is 8.79. The van der Waals surface area contributed by atoms with E-state index in [2.05, 4.69) is 14.8 Å². The van der Waals surface area contributed by atoms with Gasteiger partial charge in [0.05, 0.1) is 18.3 Å². The largest absolute Gasteiger partial charge is 0.586 e. The lowest BCUT2D eigenvalue weighted by Gasteiger charge is -2.09. The zero-order chi connectivity index (χ0) is 21.0. The molecule has 0 aromatic heterocycles. The lowest BCUT2D eigenvalue weighted by molar-refractivity contribution is -0.286. The summed E-state index contributed by atoms with van der Waals surface area (Å²) in [5.41, 5.74) is 1.39. The minimum atomic E-state index is -3.74. The standard InChI is InChI=1S/C20H19F2NO6/c1-12(2)26-10-13-3-5-14(6-4-13)19(25)27-11-18(24)23-15-7-8-16-17(9-15)29-20(21,22)28-16/h3-9,12H,10-11H2,1-2H3,(H,23,24). The summed E-state index contributed by atoms with van der Waals surface area (Å²) in [6.45, 7) is 3.74. The Morgan fingerprint density at radius 1 is 1.07 bits per heavy atom. The van der Waals surface area contributed by atoms with Crippen LogP contribution in [0.2, 0.25) is 0 Å². The van der Waals surface area contributed by atoms with E-state index in [9.17, 15) is 18.4 Å². The fourth-order valence-electron chi connectivity index (χ4n) is 2.44. The number of esters is 1. The van der Waals surface area contributed by atoms with Crippen molar-refractivity contribution in [3.63, 3.8) is 0 Å². The molecule has 1 aliphatic heterocycles. The van der Waals surface area contributed by atoms with Crippen molar-refractivity contribution in [3.8, 4) is 11.5 Å². The Kier molecular flexibility index (Phi) is 5.97. The molecule has 0 atom stereocenters. The zero-order valence-electron chi connectivity index (χ0n) is 15.7. The Morgan fingerprint density at radius 3 is 2.45 bits per heavy atom. The van der Waals surface area contributed by atoms with E-state index in [4.69, 9.17) is 9.47 Å².